The molecule has 8 heteroatoms. The van der Waals surface area contributed by atoms with Crippen LogP contribution in [-0.4, -0.2) is 69.1 Å². The van der Waals surface area contributed by atoms with Crippen molar-refractivity contribution in [2.45, 2.75) is 25.8 Å². The summed E-state index contributed by atoms with van der Waals surface area (Å²) in [5, 5.41) is 5.69. The van der Waals surface area contributed by atoms with Crippen molar-refractivity contribution in [3.05, 3.63) is 29.8 Å². The van der Waals surface area contributed by atoms with E-state index in [1.54, 1.807) is 50.3 Å². The van der Waals surface area contributed by atoms with E-state index in [0.29, 0.717) is 50.4 Å². The fraction of sp³-hybridized carbons (Fsp3) is 0.550. The van der Waals surface area contributed by atoms with E-state index in [4.69, 9.17) is 9.47 Å². The van der Waals surface area contributed by atoms with Crippen LogP contribution >= 0.6 is 0 Å². The topological polar surface area (TPSA) is 97.0 Å². The molecule has 1 atom stereocenters. The third-order valence-corrected chi connectivity index (χ3v) is 4.98. The van der Waals surface area contributed by atoms with Crippen LogP contribution in [0, 0.1) is 5.92 Å². The summed E-state index contributed by atoms with van der Waals surface area (Å²) in [6.07, 6.45) is 1.32. The van der Waals surface area contributed by atoms with Crippen molar-refractivity contribution in [1.29, 1.82) is 0 Å². The first-order chi connectivity index (χ1) is 13.5. The Kier molecular flexibility index (Phi) is 8.25. The molecule has 0 saturated carbocycles. The number of piperidine rings is 1. The van der Waals surface area contributed by atoms with E-state index in [1.165, 1.54) is 0 Å². The largest absolute Gasteiger partial charge is 0.497 e. The summed E-state index contributed by atoms with van der Waals surface area (Å²) in [6.45, 7) is 3.48. The average Bonchev–Trinajstić information content (AvgIpc) is 2.72. The van der Waals surface area contributed by atoms with Crippen LogP contribution in [-0.2, 0) is 14.3 Å². The van der Waals surface area contributed by atoms with Gasteiger partial charge in [0.15, 0.2) is 0 Å². The van der Waals surface area contributed by atoms with Crippen LogP contribution in [0.4, 0.5) is 0 Å². The van der Waals surface area contributed by atoms with Crippen molar-refractivity contribution < 1.29 is 23.9 Å². The molecular weight excluding hydrogens is 362 g/mol. The second-order valence-corrected chi connectivity index (χ2v) is 6.81. The van der Waals surface area contributed by atoms with E-state index in [9.17, 15) is 14.4 Å². The highest BCUT2D eigenvalue weighted by molar-refractivity contribution is 5.97. The van der Waals surface area contributed by atoms with Gasteiger partial charge in [0.2, 0.25) is 11.8 Å². The predicted octanol–water partition coefficient (Wildman–Crippen LogP) is 0.815. The molecule has 3 amide bonds. The first-order valence-electron chi connectivity index (χ1n) is 9.43. The maximum Gasteiger partial charge on any atom is 0.251 e. The maximum atomic E-state index is 12.7. The standard InChI is InChI=1S/C20H29N3O5/c1-14(24)23-11-8-15(9-12-23)18(20(26)21-10-13-27-2)22-19(25)16-4-6-17(28-3)7-5-16/h4-7,15,18H,8-13H2,1-3H3,(H,21,26)(H,22,25). The summed E-state index contributed by atoms with van der Waals surface area (Å²) in [7, 11) is 3.12. The number of benzene rings is 1. The van der Waals surface area contributed by atoms with Crippen LogP contribution in [0.5, 0.6) is 5.75 Å². The number of likely N-dealkylation sites (tertiary alicyclic amines) is 1. The molecule has 0 radical (unpaired) electrons. The lowest BCUT2D eigenvalue weighted by Gasteiger charge is -2.35. The Bertz CT molecular complexity index is 669. The summed E-state index contributed by atoms with van der Waals surface area (Å²) in [5.74, 6) is 0.0906. The molecule has 0 bridgehead atoms. The molecule has 1 aromatic rings. The van der Waals surface area contributed by atoms with Crippen LogP contribution in [0.3, 0.4) is 0 Å². The van der Waals surface area contributed by atoms with Crippen molar-refractivity contribution >= 4 is 17.7 Å². The minimum atomic E-state index is -0.666. The van der Waals surface area contributed by atoms with Gasteiger partial charge in [0, 0.05) is 39.2 Å². The van der Waals surface area contributed by atoms with Crippen LogP contribution in [0.15, 0.2) is 24.3 Å². The molecule has 1 aliphatic heterocycles. The van der Waals surface area contributed by atoms with Gasteiger partial charge in [-0.05, 0) is 43.0 Å². The number of amides is 3. The van der Waals surface area contributed by atoms with E-state index < -0.39 is 6.04 Å². The van der Waals surface area contributed by atoms with E-state index in [0.717, 1.165) is 0 Å². The summed E-state index contributed by atoms with van der Waals surface area (Å²) in [5.41, 5.74) is 0.455. The Labute approximate surface area is 165 Å². The van der Waals surface area contributed by atoms with Gasteiger partial charge in [-0.3, -0.25) is 14.4 Å². The van der Waals surface area contributed by atoms with Gasteiger partial charge in [-0.25, -0.2) is 0 Å². The lowest BCUT2D eigenvalue weighted by molar-refractivity contribution is -0.130. The highest BCUT2D eigenvalue weighted by Crippen LogP contribution is 2.22. The van der Waals surface area contributed by atoms with E-state index in [1.807, 2.05) is 0 Å². The Balaban J connectivity index is 2.07. The van der Waals surface area contributed by atoms with Gasteiger partial charge in [-0.1, -0.05) is 0 Å². The number of rotatable bonds is 8. The summed E-state index contributed by atoms with van der Waals surface area (Å²) in [6, 6.07) is 6.06. The highest BCUT2D eigenvalue weighted by atomic mass is 16.5. The van der Waals surface area contributed by atoms with Crippen molar-refractivity contribution in [1.82, 2.24) is 15.5 Å². The molecule has 0 spiro atoms. The number of nitrogens with one attached hydrogen (secondary N) is 2. The molecule has 154 valence electrons. The van der Waals surface area contributed by atoms with Crippen LogP contribution in [0.25, 0.3) is 0 Å². The smallest absolute Gasteiger partial charge is 0.251 e. The number of carbonyl (C=O) groups excluding carboxylic acids is 3. The minimum absolute atomic E-state index is 0.0295. The molecule has 1 aromatic carbocycles. The second kappa shape index (κ2) is 10.7. The molecule has 1 heterocycles. The summed E-state index contributed by atoms with van der Waals surface area (Å²) in [4.78, 5) is 38.7. The number of hydrogen-bond donors (Lipinski definition) is 2. The molecule has 2 N–H and O–H groups in total. The lowest BCUT2D eigenvalue weighted by Crippen LogP contribution is -2.54. The zero-order chi connectivity index (χ0) is 20.5. The van der Waals surface area contributed by atoms with Crippen molar-refractivity contribution in [2.75, 3.05) is 40.5 Å². The van der Waals surface area contributed by atoms with E-state index in [2.05, 4.69) is 10.6 Å². The molecule has 0 aliphatic carbocycles. The minimum Gasteiger partial charge on any atom is -0.497 e. The van der Waals surface area contributed by atoms with Crippen molar-refractivity contribution in [3.63, 3.8) is 0 Å². The normalized spacial score (nSPS) is 15.6. The molecule has 2 rings (SSSR count). The fourth-order valence-corrected chi connectivity index (χ4v) is 3.30. The van der Waals surface area contributed by atoms with Crippen LogP contribution in [0.1, 0.15) is 30.1 Å². The zero-order valence-electron chi connectivity index (χ0n) is 16.7. The lowest BCUT2D eigenvalue weighted by atomic mass is 9.88. The highest BCUT2D eigenvalue weighted by Gasteiger charge is 2.33. The summed E-state index contributed by atoms with van der Waals surface area (Å²) < 4.78 is 10.1. The number of ether oxygens (including phenoxy) is 2. The molecule has 1 unspecified atom stereocenters. The Morgan fingerprint density at radius 1 is 1.14 bits per heavy atom. The maximum absolute atomic E-state index is 12.7. The van der Waals surface area contributed by atoms with Crippen molar-refractivity contribution in [2.24, 2.45) is 5.92 Å². The molecule has 0 aromatic heterocycles. The molecule has 1 saturated heterocycles. The Morgan fingerprint density at radius 2 is 1.79 bits per heavy atom. The Hall–Kier alpha value is -2.61. The monoisotopic (exact) mass is 391 g/mol. The molecule has 1 aliphatic rings. The number of methoxy groups -OCH3 is 2. The fourth-order valence-electron chi connectivity index (χ4n) is 3.30. The SMILES string of the molecule is COCCNC(=O)C(NC(=O)c1ccc(OC)cc1)C1CCN(C(C)=O)CC1. The van der Waals surface area contributed by atoms with E-state index >= 15 is 0 Å². The van der Waals surface area contributed by atoms with Crippen LogP contribution < -0.4 is 15.4 Å². The van der Waals surface area contributed by atoms with Gasteiger partial charge < -0.3 is 25.0 Å². The van der Waals surface area contributed by atoms with E-state index in [-0.39, 0.29) is 23.6 Å². The third-order valence-electron chi connectivity index (χ3n) is 4.98. The second-order valence-electron chi connectivity index (χ2n) is 6.81. The first kappa shape index (κ1) is 21.7. The number of carbonyl (C=O) groups is 3. The quantitative estimate of drug-likeness (QED) is 0.640. The number of nitrogens with zero attached hydrogens (tertiary/aromatic N) is 1. The first-order valence-corrected chi connectivity index (χ1v) is 9.43. The molecule has 1 fully saturated rings. The van der Waals surface area contributed by atoms with Gasteiger partial charge in [0.1, 0.15) is 11.8 Å². The average molecular weight is 391 g/mol. The van der Waals surface area contributed by atoms with Gasteiger partial charge in [-0.15, -0.1) is 0 Å². The summed E-state index contributed by atoms with van der Waals surface area (Å²) >= 11 is 0. The van der Waals surface area contributed by atoms with Gasteiger partial charge in [-0.2, -0.15) is 0 Å². The third kappa shape index (κ3) is 5.95. The van der Waals surface area contributed by atoms with Crippen LogP contribution in [0.2, 0.25) is 0 Å². The Morgan fingerprint density at radius 3 is 2.32 bits per heavy atom. The molecular formula is C20H29N3O5. The molecule has 8 nitrogen and oxygen atoms in total. The van der Waals surface area contributed by atoms with Gasteiger partial charge >= 0.3 is 0 Å². The molecule has 28 heavy (non-hydrogen) atoms. The zero-order valence-corrected chi connectivity index (χ0v) is 16.7. The van der Waals surface area contributed by atoms with Gasteiger partial charge in [0.05, 0.1) is 13.7 Å². The predicted molar refractivity (Wildman–Crippen MR) is 104 cm³/mol. The number of hydrogen-bond acceptors (Lipinski definition) is 5. The van der Waals surface area contributed by atoms with Crippen molar-refractivity contribution in [3.8, 4) is 5.75 Å². The van der Waals surface area contributed by atoms with Gasteiger partial charge in [0.25, 0.3) is 5.91 Å².